The molecule has 1 atom stereocenters. The van der Waals surface area contributed by atoms with Crippen LogP contribution in [0, 0.1) is 5.92 Å². The first-order valence-corrected chi connectivity index (χ1v) is 7.42. The predicted octanol–water partition coefficient (Wildman–Crippen LogP) is 2.56. The molecule has 1 aromatic rings. The second-order valence-corrected chi connectivity index (χ2v) is 6.18. The van der Waals surface area contributed by atoms with Gasteiger partial charge in [-0.2, -0.15) is 0 Å². The van der Waals surface area contributed by atoms with E-state index in [1.807, 2.05) is 18.3 Å². The van der Waals surface area contributed by atoms with Crippen LogP contribution in [0.1, 0.15) is 37.4 Å². The zero-order valence-electron chi connectivity index (χ0n) is 11.7. The molecular formula is C14H24N2OS. The molecule has 2 N–H and O–H groups in total. The van der Waals surface area contributed by atoms with E-state index >= 15 is 0 Å². The Labute approximate surface area is 114 Å². The number of amides is 1. The minimum Gasteiger partial charge on any atom is -0.352 e. The Morgan fingerprint density at radius 3 is 2.50 bits per heavy atom. The van der Waals surface area contributed by atoms with Gasteiger partial charge in [0.2, 0.25) is 5.91 Å². The lowest BCUT2D eigenvalue weighted by molar-refractivity contribution is -0.121. The topological polar surface area (TPSA) is 41.1 Å². The molecule has 0 spiro atoms. The minimum atomic E-state index is 0.0727. The fourth-order valence-corrected chi connectivity index (χ4v) is 2.41. The fourth-order valence-electron chi connectivity index (χ4n) is 1.48. The van der Waals surface area contributed by atoms with E-state index in [-0.39, 0.29) is 11.9 Å². The molecule has 102 valence electrons. The van der Waals surface area contributed by atoms with Gasteiger partial charge in [0.05, 0.1) is 6.54 Å². The summed E-state index contributed by atoms with van der Waals surface area (Å²) >= 11 is 1.81. The lowest BCUT2D eigenvalue weighted by Gasteiger charge is -2.17. The van der Waals surface area contributed by atoms with Crippen LogP contribution in [0.4, 0.5) is 0 Å². The monoisotopic (exact) mass is 268 g/mol. The molecule has 1 heterocycles. The molecule has 1 unspecified atom stereocenters. The van der Waals surface area contributed by atoms with Crippen LogP contribution in [0.3, 0.4) is 0 Å². The molecule has 4 heteroatoms. The van der Waals surface area contributed by atoms with Crippen molar-refractivity contribution in [1.82, 2.24) is 10.6 Å². The summed E-state index contributed by atoms with van der Waals surface area (Å²) < 4.78 is 0. The highest BCUT2D eigenvalue weighted by Crippen LogP contribution is 2.16. The number of rotatable bonds is 7. The van der Waals surface area contributed by atoms with Gasteiger partial charge in [0.1, 0.15) is 0 Å². The molecule has 0 saturated heterocycles. The maximum atomic E-state index is 11.6. The molecular weight excluding hydrogens is 244 g/mol. The van der Waals surface area contributed by atoms with Crippen molar-refractivity contribution in [3.63, 3.8) is 0 Å². The van der Waals surface area contributed by atoms with Crippen LogP contribution < -0.4 is 10.6 Å². The Balaban J connectivity index is 2.23. The van der Waals surface area contributed by atoms with Crippen LogP contribution >= 0.6 is 11.3 Å². The maximum absolute atomic E-state index is 11.6. The summed E-state index contributed by atoms with van der Waals surface area (Å²) in [6.45, 7) is 9.57. The van der Waals surface area contributed by atoms with Gasteiger partial charge in [-0.1, -0.05) is 20.8 Å². The number of carbonyl (C=O) groups is 1. The Bertz CT molecular complexity index is 374. The highest BCUT2D eigenvalue weighted by molar-refractivity contribution is 7.11. The predicted molar refractivity (Wildman–Crippen MR) is 77.8 cm³/mol. The van der Waals surface area contributed by atoms with Crippen LogP contribution in [-0.4, -0.2) is 18.5 Å². The van der Waals surface area contributed by atoms with Gasteiger partial charge in [-0.3, -0.25) is 4.79 Å². The van der Waals surface area contributed by atoms with Crippen LogP contribution in [0.5, 0.6) is 0 Å². The lowest BCUT2D eigenvalue weighted by atomic mass is 10.1. The van der Waals surface area contributed by atoms with E-state index in [4.69, 9.17) is 0 Å². The number of hydrogen-bond donors (Lipinski definition) is 2. The van der Waals surface area contributed by atoms with Gasteiger partial charge in [0.15, 0.2) is 0 Å². The number of aryl methyl sites for hydroxylation is 1. The molecule has 0 bridgehead atoms. The van der Waals surface area contributed by atoms with E-state index in [1.54, 1.807) is 0 Å². The molecule has 0 aliphatic rings. The van der Waals surface area contributed by atoms with Crippen molar-refractivity contribution in [2.24, 2.45) is 5.92 Å². The number of thiophene rings is 1. The Hall–Kier alpha value is -0.870. The van der Waals surface area contributed by atoms with Gasteiger partial charge < -0.3 is 10.6 Å². The van der Waals surface area contributed by atoms with E-state index in [1.165, 1.54) is 9.75 Å². The molecule has 0 aromatic carbocycles. The SMILES string of the molecule is CCc1ccc(CNCC(=O)NC(C)C(C)C)s1. The first kappa shape index (κ1) is 15.2. The number of nitrogens with one attached hydrogen (secondary N) is 2. The summed E-state index contributed by atoms with van der Waals surface area (Å²) in [5.74, 6) is 0.543. The molecule has 0 saturated carbocycles. The van der Waals surface area contributed by atoms with Crippen molar-refractivity contribution >= 4 is 17.2 Å². The van der Waals surface area contributed by atoms with Crippen molar-refractivity contribution in [3.8, 4) is 0 Å². The zero-order valence-corrected chi connectivity index (χ0v) is 12.6. The van der Waals surface area contributed by atoms with E-state index in [2.05, 4.69) is 43.5 Å². The summed E-state index contributed by atoms with van der Waals surface area (Å²) in [4.78, 5) is 14.3. The van der Waals surface area contributed by atoms with Crippen LogP contribution in [0.15, 0.2) is 12.1 Å². The molecule has 0 fully saturated rings. The standard InChI is InChI=1S/C14H24N2OS/c1-5-12-6-7-13(18-12)8-15-9-14(17)16-11(4)10(2)3/h6-7,10-11,15H,5,8-9H2,1-4H3,(H,16,17). The lowest BCUT2D eigenvalue weighted by Crippen LogP contribution is -2.41. The summed E-state index contributed by atoms with van der Waals surface area (Å²) in [6, 6.07) is 4.51. The third-order valence-corrected chi connectivity index (χ3v) is 4.27. The van der Waals surface area contributed by atoms with Gasteiger partial charge in [0, 0.05) is 22.3 Å². The Kier molecular flexibility index (Phi) is 6.36. The fraction of sp³-hybridized carbons (Fsp3) is 0.643. The maximum Gasteiger partial charge on any atom is 0.234 e. The molecule has 3 nitrogen and oxygen atoms in total. The third kappa shape index (κ3) is 5.19. The van der Waals surface area contributed by atoms with E-state index in [9.17, 15) is 4.79 Å². The second-order valence-electron chi connectivity index (χ2n) is 4.93. The first-order valence-electron chi connectivity index (χ1n) is 6.60. The summed E-state index contributed by atoms with van der Waals surface area (Å²) in [5.41, 5.74) is 0. The highest BCUT2D eigenvalue weighted by atomic mass is 32.1. The van der Waals surface area contributed by atoms with E-state index in [0.29, 0.717) is 12.5 Å². The largest absolute Gasteiger partial charge is 0.352 e. The van der Waals surface area contributed by atoms with Gasteiger partial charge >= 0.3 is 0 Å². The van der Waals surface area contributed by atoms with Crippen molar-refractivity contribution in [1.29, 1.82) is 0 Å². The molecule has 1 amide bonds. The van der Waals surface area contributed by atoms with Crippen molar-refractivity contribution < 1.29 is 4.79 Å². The Morgan fingerprint density at radius 1 is 1.28 bits per heavy atom. The minimum absolute atomic E-state index is 0.0727. The first-order chi connectivity index (χ1) is 8.52. The van der Waals surface area contributed by atoms with Gasteiger partial charge in [-0.05, 0) is 31.4 Å². The normalized spacial score (nSPS) is 12.7. The number of hydrogen-bond acceptors (Lipinski definition) is 3. The van der Waals surface area contributed by atoms with Crippen LogP contribution in [0.25, 0.3) is 0 Å². The molecule has 0 radical (unpaired) electrons. The summed E-state index contributed by atoms with van der Waals surface area (Å²) in [6.07, 6.45) is 1.08. The quantitative estimate of drug-likeness (QED) is 0.798. The average molecular weight is 268 g/mol. The van der Waals surface area contributed by atoms with Crippen molar-refractivity contribution in [2.45, 2.75) is 46.7 Å². The molecule has 0 aliphatic heterocycles. The summed E-state index contributed by atoms with van der Waals surface area (Å²) in [5, 5.41) is 6.17. The highest BCUT2D eigenvalue weighted by Gasteiger charge is 2.10. The van der Waals surface area contributed by atoms with Gasteiger partial charge in [0.25, 0.3) is 0 Å². The smallest absolute Gasteiger partial charge is 0.234 e. The van der Waals surface area contributed by atoms with Gasteiger partial charge in [-0.25, -0.2) is 0 Å². The molecule has 1 rings (SSSR count). The second kappa shape index (κ2) is 7.54. The molecule has 18 heavy (non-hydrogen) atoms. The Morgan fingerprint density at radius 2 is 1.94 bits per heavy atom. The molecule has 1 aromatic heterocycles. The van der Waals surface area contributed by atoms with Crippen LogP contribution in [-0.2, 0) is 17.8 Å². The van der Waals surface area contributed by atoms with Gasteiger partial charge in [-0.15, -0.1) is 11.3 Å². The average Bonchev–Trinajstić information content (AvgIpc) is 2.76. The molecule has 0 aliphatic carbocycles. The summed E-state index contributed by atoms with van der Waals surface area (Å²) in [7, 11) is 0. The van der Waals surface area contributed by atoms with Crippen LogP contribution in [0.2, 0.25) is 0 Å². The zero-order chi connectivity index (χ0) is 13.5. The van der Waals surface area contributed by atoms with Crippen molar-refractivity contribution in [2.75, 3.05) is 6.54 Å². The number of carbonyl (C=O) groups excluding carboxylic acids is 1. The third-order valence-electron chi connectivity index (χ3n) is 3.04. The van der Waals surface area contributed by atoms with E-state index in [0.717, 1.165) is 13.0 Å². The van der Waals surface area contributed by atoms with Crippen molar-refractivity contribution in [3.05, 3.63) is 21.9 Å². The van der Waals surface area contributed by atoms with E-state index < -0.39 is 0 Å².